The first-order valence-electron chi connectivity index (χ1n) is 6.49. The predicted octanol–water partition coefficient (Wildman–Crippen LogP) is -3.04. The molecular formula is C10H16N5O8P. The Morgan fingerprint density at radius 3 is 2.50 bits per heavy atom. The van der Waals surface area contributed by atoms with E-state index in [1.807, 2.05) is 0 Å². The first kappa shape index (κ1) is 18.5. The van der Waals surface area contributed by atoms with Gasteiger partial charge in [0, 0.05) is 6.21 Å². The van der Waals surface area contributed by atoms with Gasteiger partial charge in [-0.2, -0.15) is 0 Å². The standard InChI is InChI=1S/C10H16N5O8P/c11-1-3-7(12)14-8(13-3)9(19)15(24(20,21)22)10-6(18)5(17)4(2-16)23-10/h1,4-6,10-11,16-18H,2,12H2,(H,13,14)(H2,20,21,22)/t4-,5-,6-,10?/m1/s1. The molecule has 1 aromatic heterocycles. The topological polar surface area (TPSA) is 226 Å². The number of hydrogen-bond donors (Lipinski definition) is 8. The van der Waals surface area contributed by atoms with Crippen molar-refractivity contribution >= 4 is 25.7 Å². The van der Waals surface area contributed by atoms with Crippen molar-refractivity contribution in [2.45, 2.75) is 24.5 Å². The largest absolute Gasteiger partial charge is 0.434 e. The lowest BCUT2D eigenvalue weighted by Crippen LogP contribution is -2.45. The Hall–Kier alpha value is -1.86. The molecule has 0 radical (unpaired) electrons. The minimum atomic E-state index is -5.31. The van der Waals surface area contributed by atoms with Crippen molar-refractivity contribution < 1.29 is 39.2 Å². The molecule has 1 aliphatic rings. The highest BCUT2D eigenvalue weighted by molar-refractivity contribution is 7.50. The van der Waals surface area contributed by atoms with Crippen molar-refractivity contribution in [2.75, 3.05) is 12.3 Å². The van der Waals surface area contributed by atoms with Gasteiger partial charge in [0.25, 0.3) is 0 Å². The normalized spacial score (nSPS) is 27.2. The van der Waals surface area contributed by atoms with Gasteiger partial charge >= 0.3 is 13.7 Å². The van der Waals surface area contributed by atoms with Crippen molar-refractivity contribution in [1.82, 2.24) is 14.6 Å². The Bertz CT molecular complexity index is 689. The molecular weight excluding hydrogens is 349 g/mol. The molecule has 1 aromatic rings. The summed E-state index contributed by atoms with van der Waals surface area (Å²) in [5, 5.41) is 35.6. The molecule has 1 saturated heterocycles. The molecule has 1 amide bonds. The minimum absolute atomic E-state index is 0.109. The molecule has 0 bridgehead atoms. The number of carbonyl (C=O) groups excluding carboxylic acids is 1. The zero-order valence-corrected chi connectivity index (χ0v) is 12.9. The van der Waals surface area contributed by atoms with E-state index in [9.17, 15) is 29.4 Å². The maximum Gasteiger partial charge on any atom is 0.434 e. The number of amides is 1. The van der Waals surface area contributed by atoms with Crippen molar-refractivity contribution in [2.24, 2.45) is 0 Å². The number of aromatic amines is 1. The number of imidazole rings is 1. The molecule has 9 N–H and O–H groups in total. The molecule has 134 valence electrons. The van der Waals surface area contributed by atoms with Crippen LogP contribution in [-0.4, -0.2) is 83.0 Å². The van der Waals surface area contributed by atoms with Crippen molar-refractivity contribution in [3.8, 4) is 0 Å². The van der Waals surface area contributed by atoms with Gasteiger partial charge in [0.05, 0.1) is 6.61 Å². The zero-order chi connectivity index (χ0) is 18.2. The summed E-state index contributed by atoms with van der Waals surface area (Å²) >= 11 is 0. The van der Waals surface area contributed by atoms with Crippen LogP contribution in [0.1, 0.15) is 16.3 Å². The molecule has 0 spiro atoms. The van der Waals surface area contributed by atoms with Gasteiger partial charge in [-0.3, -0.25) is 4.79 Å². The SMILES string of the molecule is N=Cc1nc(C(=O)N(C2O[C@H](CO)[C@@H](O)[C@H]2O)P(=O)(O)O)[nH]c1N. The van der Waals surface area contributed by atoms with E-state index >= 15 is 0 Å². The minimum Gasteiger partial charge on any atom is -0.394 e. The highest BCUT2D eigenvalue weighted by Gasteiger charge is 2.52. The third-order valence-corrected chi connectivity index (χ3v) is 4.32. The summed E-state index contributed by atoms with van der Waals surface area (Å²) < 4.78 is 16.6. The molecule has 1 unspecified atom stereocenters. The summed E-state index contributed by atoms with van der Waals surface area (Å²) in [5.74, 6) is -2.16. The number of carbonyl (C=O) groups is 1. The Kier molecular flexibility index (Phi) is 5.05. The van der Waals surface area contributed by atoms with Crippen LogP contribution in [0.5, 0.6) is 0 Å². The molecule has 14 heteroatoms. The number of aliphatic hydroxyl groups excluding tert-OH is 3. The van der Waals surface area contributed by atoms with Gasteiger partial charge in [0.2, 0.25) is 0 Å². The van der Waals surface area contributed by atoms with Crippen LogP contribution < -0.4 is 5.73 Å². The second kappa shape index (κ2) is 6.57. The van der Waals surface area contributed by atoms with Crippen LogP contribution >= 0.6 is 7.75 Å². The number of aromatic nitrogens is 2. The summed E-state index contributed by atoms with van der Waals surface area (Å²) in [6.45, 7) is -0.746. The van der Waals surface area contributed by atoms with E-state index in [0.29, 0.717) is 0 Å². The first-order chi connectivity index (χ1) is 11.1. The zero-order valence-electron chi connectivity index (χ0n) is 12.0. The van der Waals surface area contributed by atoms with Gasteiger partial charge in [0.1, 0.15) is 29.8 Å². The fourth-order valence-electron chi connectivity index (χ4n) is 2.18. The third-order valence-electron chi connectivity index (χ3n) is 3.35. The predicted molar refractivity (Wildman–Crippen MR) is 76.9 cm³/mol. The molecule has 0 aromatic carbocycles. The second-order valence-electron chi connectivity index (χ2n) is 4.92. The number of hydrogen-bond acceptors (Lipinski definition) is 9. The average Bonchev–Trinajstić information content (AvgIpc) is 3.00. The Balaban J connectivity index is 2.41. The number of ether oxygens (including phenoxy) is 1. The van der Waals surface area contributed by atoms with Crippen LogP contribution in [0.25, 0.3) is 0 Å². The molecule has 24 heavy (non-hydrogen) atoms. The maximum absolute atomic E-state index is 12.4. The second-order valence-corrected chi connectivity index (χ2v) is 6.38. The van der Waals surface area contributed by atoms with Gasteiger partial charge in [-0.15, -0.1) is 0 Å². The van der Waals surface area contributed by atoms with Crippen LogP contribution in [0.3, 0.4) is 0 Å². The van der Waals surface area contributed by atoms with E-state index in [4.69, 9.17) is 21.0 Å². The highest BCUT2D eigenvalue weighted by atomic mass is 31.2. The smallest absolute Gasteiger partial charge is 0.394 e. The van der Waals surface area contributed by atoms with E-state index in [1.165, 1.54) is 0 Å². The number of aliphatic hydroxyl groups is 3. The number of rotatable bonds is 5. The van der Waals surface area contributed by atoms with E-state index < -0.39 is 50.6 Å². The van der Waals surface area contributed by atoms with Crippen LogP contribution in [0.15, 0.2) is 0 Å². The van der Waals surface area contributed by atoms with E-state index in [0.717, 1.165) is 6.21 Å². The Morgan fingerprint density at radius 2 is 2.08 bits per heavy atom. The summed E-state index contributed by atoms with van der Waals surface area (Å²) in [4.78, 5) is 37.1. The Morgan fingerprint density at radius 1 is 1.46 bits per heavy atom. The number of nitrogens with one attached hydrogen (secondary N) is 2. The third kappa shape index (κ3) is 3.18. The van der Waals surface area contributed by atoms with Crippen molar-refractivity contribution in [3.05, 3.63) is 11.5 Å². The number of nitrogens with two attached hydrogens (primary N) is 1. The molecule has 2 heterocycles. The van der Waals surface area contributed by atoms with Gasteiger partial charge < -0.3 is 46.0 Å². The van der Waals surface area contributed by atoms with Crippen molar-refractivity contribution in [3.63, 3.8) is 0 Å². The van der Waals surface area contributed by atoms with Crippen LogP contribution in [0.4, 0.5) is 5.82 Å². The first-order valence-corrected chi connectivity index (χ1v) is 8.06. The van der Waals surface area contributed by atoms with Crippen LogP contribution in [0.2, 0.25) is 0 Å². The maximum atomic E-state index is 12.4. The van der Waals surface area contributed by atoms with Gasteiger partial charge in [0.15, 0.2) is 12.1 Å². The molecule has 1 aliphatic heterocycles. The molecule has 0 saturated carbocycles. The van der Waals surface area contributed by atoms with Crippen molar-refractivity contribution in [1.29, 1.82) is 5.41 Å². The Labute approximate surface area is 134 Å². The number of nitrogens with zero attached hydrogens (tertiary/aromatic N) is 2. The van der Waals surface area contributed by atoms with Gasteiger partial charge in [-0.05, 0) is 0 Å². The fourth-order valence-corrected chi connectivity index (χ4v) is 3.00. The van der Waals surface area contributed by atoms with Crippen LogP contribution in [-0.2, 0) is 9.30 Å². The van der Waals surface area contributed by atoms with Gasteiger partial charge in [-0.25, -0.2) is 14.2 Å². The van der Waals surface area contributed by atoms with Crippen LogP contribution in [0, 0.1) is 5.41 Å². The number of anilines is 1. The van der Waals surface area contributed by atoms with E-state index in [2.05, 4.69) is 9.97 Å². The lowest BCUT2D eigenvalue weighted by atomic mass is 10.1. The molecule has 13 nitrogen and oxygen atoms in total. The van der Waals surface area contributed by atoms with E-state index in [-0.39, 0.29) is 16.2 Å². The van der Waals surface area contributed by atoms with Gasteiger partial charge in [-0.1, -0.05) is 0 Å². The highest BCUT2D eigenvalue weighted by Crippen LogP contribution is 2.45. The number of nitrogen functional groups attached to an aromatic ring is 1. The van der Waals surface area contributed by atoms with E-state index in [1.54, 1.807) is 0 Å². The number of H-pyrrole nitrogens is 1. The molecule has 2 rings (SSSR count). The molecule has 1 fully saturated rings. The summed E-state index contributed by atoms with van der Waals surface area (Å²) in [6, 6.07) is 0. The lowest BCUT2D eigenvalue weighted by molar-refractivity contribution is -0.0644. The molecule has 4 atom stereocenters. The monoisotopic (exact) mass is 365 g/mol. The molecule has 0 aliphatic carbocycles. The average molecular weight is 365 g/mol. The summed E-state index contributed by atoms with van der Waals surface area (Å²) in [5.41, 5.74) is 5.32. The summed E-state index contributed by atoms with van der Waals surface area (Å²) in [6.07, 6.45) is -6.10. The quantitative estimate of drug-likeness (QED) is 0.194. The fraction of sp³-hybridized carbons (Fsp3) is 0.500. The lowest BCUT2D eigenvalue weighted by Gasteiger charge is -2.29. The summed E-state index contributed by atoms with van der Waals surface area (Å²) in [7, 11) is -5.31.